The van der Waals surface area contributed by atoms with Gasteiger partial charge in [-0.2, -0.15) is 0 Å². The van der Waals surface area contributed by atoms with Crippen molar-refractivity contribution in [1.82, 2.24) is 5.32 Å². The first-order chi connectivity index (χ1) is 14.3. The molecule has 2 aromatic rings. The predicted octanol–water partition coefficient (Wildman–Crippen LogP) is 1.70. The Balaban J connectivity index is 1.81. The van der Waals surface area contributed by atoms with Crippen LogP contribution in [0.2, 0.25) is 0 Å². The van der Waals surface area contributed by atoms with E-state index in [1.165, 1.54) is 20.3 Å². The molecule has 2 amide bonds. The molecule has 0 aliphatic heterocycles. The van der Waals surface area contributed by atoms with Gasteiger partial charge in [0.1, 0.15) is 12.3 Å². The number of aryl methyl sites for hydroxylation is 1. The van der Waals surface area contributed by atoms with Crippen molar-refractivity contribution in [3.8, 4) is 5.75 Å². The van der Waals surface area contributed by atoms with E-state index >= 15 is 0 Å². The van der Waals surface area contributed by atoms with Gasteiger partial charge in [0.25, 0.3) is 11.8 Å². The van der Waals surface area contributed by atoms with Gasteiger partial charge in [-0.25, -0.2) is 4.79 Å². The topological polar surface area (TPSA) is 120 Å². The number of carbonyl (C=O) groups excluding carboxylic acids is 4. The zero-order chi connectivity index (χ0) is 22.1. The van der Waals surface area contributed by atoms with E-state index in [1.54, 1.807) is 43.3 Å². The SMILES string of the molecule is COC(=O)c1ccc(C)c(NC(=O)COC(=O)CNC(=O)c2ccc(OC)cc2)c1. The van der Waals surface area contributed by atoms with Crippen LogP contribution in [-0.2, 0) is 19.1 Å². The summed E-state index contributed by atoms with van der Waals surface area (Å²) in [7, 11) is 2.77. The summed E-state index contributed by atoms with van der Waals surface area (Å²) in [6.07, 6.45) is 0. The number of nitrogens with one attached hydrogen (secondary N) is 2. The van der Waals surface area contributed by atoms with E-state index in [-0.39, 0.29) is 5.56 Å². The van der Waals surface area contributed by atoms with Gasteiger partial charge >= 0.3 is 11.9 Å². The predicted molar refractivity (Wildman–Crippen MR) is 107 cm³/mol. The quantitative estimate of drug-likeness (QED) is 0.631. The van der Waals surface area contributed by atoms with Crippen LogP contribution >= 0.6 is 0 Å². The van der Waals surface area contributed by atoms with E-state index in [2.05, 4.69) is 15.4 Å². The van der Waals surface area contributed by atoms with Gasteiger partial charge in [0.15, 0.2) is 6.61 Å². The van der Waals surface area contributed by atoms with Crippen LogP contribution in [0, 0.1) is 6.92 Å². The Morgan fingerprint density at radius 2 is 1.60 bits per heavy atom. The normalized spacial score (nSPS) is 9.97. The number of anilines is 1. The van der Waals surface area contributed by atoms with Crippen LogP contribution in [-0.4, -0.2) is 51.1 Å². The number of ether oxygens (including phenoxy) is 3. The summed E-state index contributed by atoms with van der Waals surface area (Å²) < 4.78 is 14.5. The zero-order valence-electron chi connectivity index (χ0n) is 16.8. The molecule has 30 heavy (non-hydrogen) atoms. The summed E-state index contributed by atoms with van der Waals surface area (Å²) in [5, 5.41) is 4.97. The summed E-state index contributed by atoms with van der Waals surface area (Å²) in [4.78, 5) is 47.4. The molecule has 0 unspecified atom stereocenters. The van der Waals surface area contributed by atoms with Crippen LogP contribution < -0.4 is 15.4 Å². The van der Waals surface area contributed by atoms with Gasteiger partial charge in [0.05, 0.1) is 19.8 Å². The maximum absolute atomic E-state index is 12.0. The molecule has 0 spiro atoms. The number of amides is 2. The smallest absolute Gasteiger partial charge is 0.337 e. The molecule has 0 saturated heterocycles. The molecule has 0 fully saturated rings. The van der Waals surface area contributed by atoms with E-state index in [0.29, 0.717) is 22.6 Å². The molecule has 0 saturated carbocycles. The van der Waals surface area contributed by atoms with Crippen molar-refractivity contribution in [3.63, 3.8) is 0 Å². The highest BCUT2D eigenvalue weighted by Crippen LogP contribution is 2.17. The monoisotopic (exact) mass is 414 g/mol. The van der Waals surface area contributed by atoms with Crippen molar-refractivity contribution >= 4 is 29.4 Å². The lowest BCUT2D eigenvalue weighted by Crippen LogP contribution is -2.32. The summed E-state index contributed by atoms with van der Waals surface area (Å²) in [6, 6.07) is 11.0. The molecule has 0 atom stereocenters. The second-order valence-electron chi connectivity index (χ2n) is 6.14. The zero-order valence-corrected chi connectivity index (χ0v) is 16.8. The Morgan fingerprint density at radius 1 is 0.933 bits per heavy atom. The van der Waals surface area contributed by atoms with Crippen molar-refractivity contribution in [3.05, 3.63) is 59.2 Å². The molecule has 9 nitrogen and oxygen atoms in total. The van der Waals surface area contributed by atoms with Crippen LogP contribution in [0.3, 0.4) is 0 Å². The molecule has 0 bridgehead atoms. The minimum Gasteiger partial charge on any atom is -0.497 e. The molecular formula is C21H22N2O7. The Hall–Kier alpha value is -3.88. The largest absolute Gasteiger partial charge is 0.497 e. The van der Waals surface area contributed by atoms with Crippen molar-refractivity contribution in [1.29, 1.82) is 0 Å². The van der Waals surface area contributed by atoms with Crippen molar-refractivity contribution < 1.29 is 33.4 Å². The van der Waals surface area contributed by atoms with Crippen molar-refractivity contribution in [2.45, 2.75) is 6.92 Å². The van der Waals surface area contributed by atoms with E-state index in [1.807, 2.05) is 0 Å². The lowest BCUT2D eigenvalue weighted by molar-refractivity contribution is -0.146. The van der Waals surface area contributed by atoms with Gasteiger partial charge < -0.3 is 24.8 Å². The van der Waals surface area contributed by atoms with E-state index in [9.17, 15) is 19.2 Å². The molecule has 2 rings (SSSR count). The van der Waals surface area contributed by atoms with Crippen LogP contribution in [0.5, 0.6) is 5.75 Å². The fourth-order valence-electron chi connectivity index (χ4n) is 2.38. The van der Waals surface area contributed by atoms with E-state index in [4.69, 9.17) is 9.47 Å². The highest BCUT2D eigenvalue weighted by atomic mass is 16.5. The Morgan fingerprint density at radius 3 is 2.23 bits per heavy atom. The first kappa shape index (κ1) is 22.4. The number of benzene rings is 2. The van der Waals surface area contributed by atoms with Crippen molar-refractivity contribution in [2.75, 3.05) is 32.7 Å². The van der Waals surface area contributed by atoms with Gasteiger partial charge in [-0.05, 0) is 48.9 Å². The molecule has 0 aliphatic rings. The maximum Gasteiger partial charge on any atom is 0.337 e. The third-order valence-electron chi connectivity index (χ3n) is 4.04. The molecule has 2 aromatic carbocycles. The molecular weight excluding hydrogens is 392 g/mol. The Kier molecular flexibility index (Phi) is 7.92. The summed E-state index contributed by atoms with van der Waals surface area (Å²) >= 11 is 0. The lowest BCUT2D eigenvalue weighted by Gasteiger charge is -2.11. The molecule has 0 radical (unpaired) electrons. The van der Waals surface area contributed by atoms with Gasteiger partial charge in [0, 0.05) is 11.3 Å². The third kappa shape index (κ3) is 6.33. The molecule has 0 heterocycles. The standard InChI is InChI=1S/C21H22N2O7/c1-13-4-5-15(21(27)29-3)10-17(13)23-18(24)12-30-19(25)11-22-20(26)14-6-8-16(28-2)9-7-14/h4-10H,11-12H2,1-3H3,(H,22,26)(H,23,24). The molecule has 0 aromatic heterocycles. The number of hydrogen-bond donors (Lipinski definition) is 2. The highest BCUT2D eigenvalue weighted by Gasteiger charge is 2.13. The number of methoxy groups -OCH3 is 2. The van der Waals surface area contributed by atoms with Gasteiger partial charge in [-0.15, -0.1) is 0 Å². The van der Waals surface area contributed by atoms with E-state index in [0.717, 1.165) is 0 Å². The summed E-state index contributed by atoms with van der Waals surface area (Å²) in [5.41, 5.74) is 1.74. The summed E-state index contributed by atoms with van der Waals surface area (Å²) in [6.45, 7) is 0.811. The number of hydrogen-bond acceptors (Lipinski definition) is 7. The average molecular weight is 414 g/mol. The van der Waals surface area contributed by atoms with Crippen LogP contribution in [0.25, 0.3) is 0 Å². The first-order valence-corrected chi connectivity index (χ1v) is 8.90. The van der Waals surface area contributed by atoms with Crippen molar-refractivity contribution in [2.24, 2.45) is 0 Å². The number of rotatable bonds is 8. The highest BCUT2D eigenvalue weighted by molar-refractivity contribution is 5.97. The minimum absolute atomic E-state index is 0.275. The minimum atomic E-state index is -0.771. The summed E-state index contributed by atoms with van der Waals surface area (Å²) in [5.74, 6) is -1.76. The average Bonchev–Trinajstić information content (AvgIpc) is 2.77. The maximum atomic E-state index is 12.0. The fraction of sp³-hybridized carbons (Fsp3) is 0.238. The molecule has 0 aliphatic carbocycles. The second-order valence-corrected chi connectivity index (χ2v) is 6.14. The van der Waals surface area contributed by atoms with Crippen LogP contribution in [0.1, 0.15) is 26.3 Å². The Labute approximate surface area is 173 Å². The Bertz CT molecular complexity index is 939. The fourth-order valence-corrected chi connectivity index (χ4v) is 2.38. The van der Waals surface area contributed by atoms with Gasteiger partial charge in [-0.3, -0.25) is 14.4 Å². The van der Waals surface area contributed by atoms with Crippen LogP contribution in [0.4, 0.5) is 5.69 Å². The number of esters is 2. The number of carbonyl (C=O) groups is 4. The van der Waals surface area contributed by atoms with Gasteiger partial charge in [-0.1, -0.05) is 6.07 Å². The molecule has 2 N–H and O–H groups in total. The van der Waals surface area contributed by atoms with Crippen LogP contribution in [0.15, 0.2) is 42.5 Å². The first-order valence-electron chi connectivity index (χ1n) is 8.90. The second kappa shape index (κ2) is 10.6. The third-order valence-corrected chi connectivity index (χ3v) is 4.04. The molecule has 158 valence electrons. The van der Waals surface area contributed by atoms with Gasteiger partial charge in [0.2, 0.25) is 0 Å². The van der Waals surface area contributed by atoms with E-state index < -0.39 is 36.9 Å². The molecule has 9 heteroatoms. The lowest BCUT2D eigenvalue weighted by atomic mass is 10.1.